The van der Waals surface area contributed by atoms with Crippen LogP contribution in [-0.2, 0) is 24.0 Å². The Kier molecular flexibility index (Phi) is 4.58. The minimum absolute atomic E-state index is 0.192. The third kappa shape index (κ3) is 3.34. The fourth-order valence-corrected chi connectivity index (χ4v) is 4.59. The lowest BCUT2D eigenvalue weighted by atomic mass is 9.96. The largest absolute Gasteiger partial charge is 0.372 e. The molecule has 27 heavy (non-hydrogen) atoms. The number of ether oxygens (including phenoxy) is 1. The van der Waals surface area contributed by atoms with Crippen LogP contribution in [0.1, 0.15) is 41.3 Å². The molecule has 3 aliphatic rings. The van der Waals surface area contributed by atoms with E-state index in [-0.39, 0.29) is 6.10 Å². The molecule has 0 bridgehead atoms. The summed E-state index contributed by atoms with van der Waals surface area (Å²) in [6.07, 6.45) is 6.02. The summed E-state index contributed by atoms with van der Waals surface area (Å²) in [6, 6.07) is 11.6. The summed E-state index contributed by atoms with van der Waals surface area (Å²) in [7, 11) is 2.22. The average Bonchev–Trinajstić information content (AvgIpc) is 2.67. The van der Waals surface area contributed by atoms with Crippen LogP contribution in [0.2, 0.25) is 0 Å². The molecule has 5 nitrogen and oxygen atoms in total. The first-order valence-electron chi connectivity index (χ1n) is 10.3. The van der Waals surface area contributed by atoms with Gasteiger partial charge in [-0.15, -0.1) is 5.10 Å². The van der Waals surface area contributed by atoms with Crippen molar-refractivity contribution < 1.29 is 4.74 Å². The molecule has 0 saturated carbocycles. The summed E-state index contributed by atoms with van der Waals surface area (Å²) in [4.78, 5) is 4.81. The van der Waals surface area contributed by atoms with E-state index in [1.165, 1.54) is 35.2 Å². The minimum atomic E-state index is 0.192. The van der Waals surface area contributed by atoms with Crippen LogP contribution in [-0.4, -0.2) is 54.4 Å². The van der Waals surface area contributed by atoms with Gasteiger partial charge >= 0.3 is 0 Å². The highest BCUT2D eigenvalue weighted by Crippen LogP contribution is 2.30. The first kappa shape index (κ1) is 17.1. The van der Waals surface area contributed by atoms with Crippen molar-refractivity contribution in [3.63, 3.8) is 0 Å². The lowest BCUT2D eigenvalue weighted by molar-refractivity contribution is 0.00997. The molecule has 0 N–H and O–H groups in total. The number of aryl methyl sites for hydroxylation is 2. The fraction of sp³-hybridized carbons (Fsp3) is 0.545. The van der Waals surface area contributed by atoms with Gasteiger partial charge in [-0.2, -0.15) is 5.10 Å². The van der Waals surface area contributed by atoms with E-state index in [1.807, 2.05) is 0 Å². The minimum Gasteiger partial charge on any atom is -0.372 e. The van der Waals surface area contributed by atoms with Gasteiger partial charge in [-0.25, -0.2) is 0 Å². The number of rotatable bonds is 4. The highest BCUT2D eigenvalue weighted by Gasteiger charge is 2.33. The Morgan fingerprint density at radius 1 is 1.07 bits per heavy atom. The van der Waals surface area contributed by atoms with E-state index < -0.39 is 0 Å². The monoisotopic (exact) mass is 364 g/mol. The lowest BCUT2D eigenvalue weighted by Gasteiger charge is -2.45. The quantitative estimate of drug-likeness (QED) is 0.834. The number of likely N-dealkylation sites (N-methyl/N-ethyl adjacent to an activating group) is 1. The maximum Gasteiger partial charge on any atom is 0.151 e. The van der Waals surface area contributed by atoms with E-state index in [0.29, 0.717) is 6.04 Å². The summed E-state index contributed by atoms with van der Waals surface area (Å²) in [6.45, 7) is 3.83. The van der Waals surface area contributed by atoms with Crippen molar-refractivity contribution in [2.75, 3.05) is 38.2 Å². The molecule has 0 amide bonds. The van der Waals surface area contributed by atoms with Crippen LogP contribution in [0.15, 0.2) is 30.3 Å². The molecule has 1 saturated heterocycles. The number of benzene rings is 1. The molecular formula is C22H28N4O. The van der Waals surface area contributed by atoms with Gasteiger partial charge in [0.2, 0.25) is 0 Å². The zero-order valence-corrected chi connectivity index (χ0v) is 16.1. The summed E-state index contributed by atoms with van der Waals surface area (Å²) in [5.41, 5.74) is 5.44. The van der Waals surface area contributed by atoms with E-state index >= 15 is 0 Å². The predicted molar refractivity (Wildman–Crippen MR) is 106 cm³/mol. The Labute approximate surface area is 161 Å². The van der Waals surface area contributed by atoms with E-state index in [0.717, 1.165) is 51.3 Å². The molecule has 142 valence electrons. The van der Waals surface area contributed by atoms with Gasteiger partial charge in [0.25, 0.3) is 0 Å². The van der Waals surface area contributed by atoms with Crippen LogP contribution in [0.25, 0.3) is 0 Å². The van der Waals surface area contributed by atoms with Gasteiger partial charge in [0.15, 0.2) is 5.82 Å². The Morgan fingerprint density at radius 2 is 1.93 bits per heavy atom. The SMILES string of the molecule is CN(CC1OCCc2ccccc21)C1CN(c2cc3c(nn2)CCCC3)C1. The third-order valence-electron chi connectivity index (χ3n) is 6.41. The van der Waals surface area contributed by atoms with E-state index in [2.05, 4.69) is 57.4 Å². The van der Waals surface area contributed by atoms with Crippen molar-refractivity contribution in [3.05, 3.63) is 52.7 Å². The summed E-state index contributed by atoms with van der Waals surface area (Å²) >= 11 is 0. The van der Waals surface area contributed by atoms with Crippen molar-refractivity contribution in [2.45, 2.75) is 44.2 Å². The zero-order chi connectivity index (χ0) is 18.2. The van der Waals surface area contributed by atoms with Crippen molar-refractivity contribution >= 4 is 5.82 Å². The number of aromatic nitrogens is 2. The molecule has 5 rings (SSSR count). The van der Waals surface area contributed by atoms with Gasteiger partial charge in [0, 0.05) is 25.7 Å². The Hall–Kier alpha value is -1.98. The molecular weight excluding hydrogens is 336 g/mol. The molecule has 0 spiro atoms. The first-order chi connectivity index (χ1) is 13.3. The predicted octanol–water partition coefficient (Wildman–Crippen LogP) is 2.79. The second kappa shape index (κ2) is 7.21. The first-order valence-corrected chi connectivity index (χ1v) is 10.3. The topological polar surface area (TPSA) is 41.5 Å². The molecule has 0 radical (unpaired) electrons. The number of nitrogens with zero attached hydrogens (tertiary/aromatic N) is 4. The molecule has 3 heterocycles. The maximum atomic E-state index is 6.09. The summed E-state index contributed by atoms with van der Waals surface area (Å²) in [5.74, 6) is 1.06. The Morgan fingerprint density at radius 3 is 2.85 bits per heavy atom. The molecule has 1 atom stereocenters. The molecule has 2 aliphatic heterocycles. The smallest absolute Gasteiger partial charge is 0.151 e. The van der Waals surface area contributed by atoms with Crippen LogP contribution in [0, 0.1) is 0 Å². The summed E-state index contributed by atoms with van der Waals surface area (Å²) in [5, 5.41) is 8.97. The molecule has 1 aliphatic carbocycles. The standard InChI is InChI=1S/C22H28N4O/c1-25(15-21-19-8-4-2-6-16(19)10-11-27-21)18-13-26(14-18)22-12-17-7-3-5-9-20(17)23-24-22/h2,4,6,8,12,18,21H,3,5,7,9-11,13-15H2,1H3. The van der Waals surface area contributed by atoms with Crippen molar-refractivity contribution in [1.29, 1.82) is 0 Å². The molecule has 1 aromatic heterocycles. The normalized spacial score (nSPS) is 22.3. The van der Waals surface area contributed by atoms with Gasteiger partial charge < -0.3 is 9.64 Å². The Bertz CT molecular complexity index is 818. The van der Waals surface area contributed by atoms with Gasteiger partial charge in [0.1, 0.15) is 0 Å². The van der Waals surface area contributed by atoms with Gasteiger partial charge in [0.05, 0.1) is 18.4 Å². The summed E-state index contributed by atoms with van der Waals surface area (Å²) < 4.78 is 6.09. The molecule has 1 fully saturated rings. The van der Waals surface area contributed by atoms with Gasteiger partial charge in [-0.05, 0) is 61.9 Å². The fourth-order valence-electron chi connectivity index (χ4n) is 4.59. The molecule has 2 aromatic rings. The highest BCUT2D eigenvalue weighted by molar-refractivity contribution is 5.45. The van der Waals surface area contributed by atoms with Crippen molar-refractivity contribution in [2.24, 2.45) is 0 Å². The number of hydrogen-bond donors (Lipinski definition) is 0. The number of fused-ring (bicyclic) bond motifs is 2. The van der Waals surface area contributed by atoms with Gasteiger partial charge in [-0.1, -0.05) is 24.3 Å². The van der Waals surface area contributed by atoms with E-state index in [9.17, 15) is 0 Å². The second-order valence-electron chi connectivity index (χ2n) is 8.19. The van der Waals surface area contributed by atoms with Crippen LogP contribution < -0.4 is 4.90 Å². The van der Waals surface area contributed by atoms with Crippen molar-refractivity contribution in [3.8, 4) is 0 Å². The lowest BCUT2D eigenvalue weighted by Crippen LogP contribution is -2.59. The molecule has 5 heteroatoms. The molecule has 1 unspecified atom stereocenters. The Balaban J connectivity index is 1.20. The maximum absolute atomic E-state index is 6.09. The highest BCUT2D eigenvalue weighted by atomic mass is 16.5. The van der Waals surface area contributed by atoms with Gasteiger partial charge in [-0.3, -0.25) is 4.90 Å². The zero-order valence-electron chi connectivity index (χ0n) is 16.1. The average molecular weight is 364 g/mol. The number of hydrogen-bond acceptors (Lipinski definition) is 5. The second-order valence-corrected chi connectivity index (χ2v) is 8.19. The van der Waals surface area contributed by atoms with Crippen LogP contribution in [0.5, 0.6) is 0 Å². The van der Waals surface area contributed by atoms with Crippen molar-refractivity contribution in [1.82, 2.24) is 15.1 Å². The van der Waals surface area contributed by atoms with E-state index in [1.54, 1.807) is 0 Å². The van der Waals surface area contributed by atoms with Crippen LogP contribution in [0.3, 0.4) is 0 Å². The number of anilines is 1. The van der Waals surface area contributed by atoms with Crippen LogP contribution >= 0.6 is 0 Å². The third-order valence-corrected chi connectivity index (χ3v) is 6.41. The van der Waals surface area contributed by atoms with E-state index in [4.69, 9.17) is 4.74 Å². The molecule has 1 aromatic carbocycles. The van der Waals surface area contributed by atoms with Crippen LogP contribution in [0.4, 0.5) is 5.82 Å².